The maximum Gasteiger partial charge on any atom is 0.220 e. The van der Waals surface area contributed by atoms with Crippen molar-refractivity contribution in [1.82, 2.24) is 5.32 Å². The number of carbonyl (C=O) groups excluding carboxylic acids is 1. The van der Waals surface area contributed by atoms with Gasteiger partial charge in [0.25, 0.3) is 0 Å². The Bertz CT molecular complexity index is 961. The van der Waals surface area contributed by atoms with Gasteiger partial charge in [0, 0.05) is 6.42 Å². The van der Waals surface area contributed by atoms with E-state index in [2.05, 4.69) is 24.4 Å². The minimum Gasteiger partial charge on any atom is -0.394 e. The molecule has 7 atom stereocenters. The molecule has 6 N–H and O–H groups in total. The monoisotopic (exact) mass is 824 g/mol. The molecule has 9 nitrogen and oxygen atoms in total. The van der Waals surface area contributed by atoms with Crippen LogP contribution in [-0.4, -0.2) is 87.5 Å². The van der Waals surface area contributed by atoms with Gasteiger partial charge in [-0.15, -0.1) is 0 Å². The van der Waals surface area contributed by atoms with Gasteiger partial charge in [0.2, 0.25) is 5.91 Å². The molecule has 0 radical (unpaired) electrons. The van der Waals surface area contributed by atoms with Crippen LogP contribution < -0.4 is 5.32 Å². The van der Waals surface area contributed by atoms with Crippen LogP contribution in [-0.2, 0) is 14.3 Å². The lowest BCUT2D eigenvalue weighted by molar-refractivity contribution is -0.302. The van der Waals surface area contributed by atoms with Crippen LogP contribution in [0.4, 0.5) is 0 Å². The van der Waals surface area contributed by atoms with Crippen molar-refractivity contribution in [2.24, 2.45) is 0 Å². The number of hydrogen-bond donors (Lipinski definition) is 6. The fourth-order valence-corrected chi connectivity index (χ4v) is 7.80. The molecule has 1 saturated heterocycles. The zero-order valence-corrected chi connectivity index (χ0v) is 37.6. The summed E-state index contributed by atoms with van der Waals surface area (Å²) in [7, 11) is 0. The standard InChI is InChI=1S/C49H93NO8/c1-3-5-7-8-9-10-11-12-13-14-15-16-17-18-19-20-21-22-23-24-25-26-27-28-29-30-31-32-33-34-35-36-37-38-43(52)42(50-45(53)39-6-4-2)41-57-49-48(56)47(55)46(54)44(40-51)58-49/h33-34,37-38,42-44,46-49,51-52,54-56H,3-32,35-36,39-41H2,1-2H3,(H,50,53)/b34-33+,38-37+. The summed E-state index contributed by atoms with van der Waals surface area (Å²) in [6.07, 6.45) is 42.6. The smallest absolute Gasteiger partial charge is 0.220 e. The van der Waals surface area contributed by atoms with Crippen molar-refractivity contribution in [2.75, 3.05) is 13.2 Å². The summed E-state index contributed by atoms with van der Waals surface area (Å²) in [6.45, 7) is 3.51. The van der Waals surface area contributed by atoms with Gasteiger partial charge in [-0.1, -0.05) is 212 Å². The number of carbonyl (C=O) groups is 1. The molecular formula is C49H93NO8. The Hall–Kier alpha value is -1.33. The first-order valence-corrected chi connectivity index (χ1v) is 24.6. The van der Waals surface area contributed by atoms with Gasteiger partial charge < -0.3 is 40.3 Å². The molecule has 58 heavy (non-hydrogen) atoms. The number of hydrogen-bond acceptors (Lipinski definition) is 8. The maximum absolute atomic E-state index is 12.5. The van der Waals surface area contributed by atoms with Crippen LogP contribution in [0.15, 0.2) is 24.3 Å². The third-order valence-electron chi connectivity index (χ3n) is 11.8. The second-order valence-electron chi connectivity index (χ2n) is 17.3. The zero-order chi connectivity index (χ0) is 42.3. The van der Waals surface area contributed by atoms with Crippen molar-refractivity contribution < 1.29 is 39.8 Å². The highest BCUT2D eigenvalue weighted by atomic mass is 16.7. The molecular weight excluding hydrogens is 731 g/mol. The van der Waals surface area contributed by atoms with E-state index in [9.17, 15) is 30.3 Å². The highest BCUT2D eigenvalue weighted by Crippen LogP contribution is 2.23. The average molecular weight is 824 g/mol. The number of rotatable bonds is 41. The molecule has 0 aromatic carbocycles. The number of unbranched alkanes of at least 4 members (excludes halogenated alkanes) is 29. The van der Waals surface area contributed by atoms with E-state index >= 15 is 0 Å². The van der Waals surface area contributed by atoms with Crippen LogP contribution >= 0.6 is 0 Å². The summed E-state index contributed by atoms with van der Waals surface area (Å²) in [5.74, 6) is -0.221. The molecule has 0 aromatic rings. The van der Waals surface area contributed by atoms with Gasteiger partial charge in [-0.3, -0.25) is 4.79 Å². The molecule has 7 unspecified atom stereocenters. The van der Waals surface area contributed by atoms with Crippen molar-refractivity contribution >= 4 is 5.91 Å². The first-order valence-electron chi connectivity index (χ1n) is 24.6. The van der Waals surface area contributed by atoms with Gasteiger partial charge in [0.15, 0.2) is 6.29 Å². The quantitative estimate of drug-likeness (QED) is 0.0264. The van der Waals surface area contributed by atoms with E-state index < -0.39 is 49.5 Å². The lowest BCUT2D eigenvalue weighted by Gasteiger charge is -2.40. The van der Waals surface area contributed by atoms with Gasteiger partial charge in [0.05, 0.1) is 25.4 Å². The molecule has 1 fully saturated rings. The summed E-state index contributed by atoms with van der Waals surface area (Å²) < 4.78 is 11.0. The van der Waals surface area contributed by atoms with E-state index in [0.717, 1.165) is 25.7 Å². The predicted molar refractivity (Wildman–Crippen MR) is 240 cm³/mol. The van der Waals surface area contributed by atoms with Crippen molar-refractivity contribution in [3.05, 3.63) is 24.3 Å². The van der Waals surface area contributed by atoms with Crippen LogP contribution in [0.2, 0.25) is 0 Å². The maximum atomic E-state index is 12.5. The molecule has 9 heteroatoms. The zero-order valence-electron chi connectivity index (χ0n) is 37.6. The van der Waals surface area contributed by atoms with Crippen LogP contribution in [0.1, 0.15) is 226 Å². The molecule has 0 aliphatic carbocycles. The molecule has 0 saturated carbocycles. The lowest BCUT2D eigenvalue weighted by atomic mass is 9.99. The van der Waals surface area contributed by atoms with Crippen molar-refractivity contribution in [3.63, 3.8) is 0 Å². The van der Waals surface area contributed by atoms with Gasteiger partial charge in [-0.25, -0.2) is 0 Å². The minimum absolute atomic E-state index is 0.203. The van der Waals surface area contributed by atoms with Gasteiger partial charge in [-0.2, -0.15) is 0 Å². The van der Waals surface area contributed by atoms with Gasteiger partial charge in [-0.05, 0) is 32.1 Å². The van der Waals surface area contributed by atoms with Crippen molar-refractivity contribution in [1.29, 1.82) is 0 Å². The molecule has 342 valence electrons. The second kappa shape index (κ2) is 39.8. The first-order chi connectivity index (χ1) is 28.3. The van der Waals surface area contributed by atoms with E-state index in [0.29, 0.717) is 12.8 Å². The SMILES string of the molecule is CCCCCCCCCCCCCCCCCCCCCCCCCCCCC/C=C/CC/C=C/C(O)C(COC1OC(CO)C(O)C(O)C1O)NC(=O)CCCC. The summed E-state index contributed by atoms with van der Waals surface area (Å²) >= 11 is 0. The third-order valence-corrected chi connectivity index (χ3v) is 11.8. The Morgan fingerprint density at radius 1 is 0.569 bits per heavy atom. The van der Waals surface area contributed by atoms with Gasteiger partial charge in [0.1, 0.15) is 24.4 Å². The number of allylic oxidation sites excluding steroid dienone is 3. The van der Waals surface area contributed by atoms with Crippen LogP contribution in [0, 0.1) is 0 Å². The molecule has 0 aromatic heterocycles. The van der Waals surface area contributed by atoms with E-state index in [1.807, 2.05) is 13.0 Å². The fraction of sp³-hybridized carbons (Fsp3) is 0.898. The molecule has 1 rings (SSSR count). The van der Waals surface area contributed by atoms with E-state index in [4.69, 9.17) is 9.47 Å². The van der Waals surface area contributed by atoms with Crippen LogP contribution in [0.3, 0.4) is 0 Å². The molecule has 1 aliphatic heterocycles. The van der Waals surface area contributed by atoms with E-state index in [-0.39, 0.29) is 12.5 Å². The summed E-state index contributed by atoms with van der Waals surface area (Å²) in [5.41, 5.74) is 0. The highest BCUT2D eigenvalue weighted by Gasteiger charge is 2.44. The predicted octanol–water partition coefficient (Wildman–Crippen LogP) is 10.7. The number of aliphatic hydroxyl groups excluding tert-OH is 5. The fourth-order valence-electron chi connectivity index (χ4n) is 7.80. The second-order valence-corrected chi connectivity index (χ2v) is 17.3. The van der Waals surface area contributed by atoms with Crippen molar-refractivity contribution in [2.45, 2.75) is 269 Å². The minimum atomic E-state index is -1.57. The number of nitrogens with one attached hydrogen (secondary N) is 1. The van der Waals surface area contributed by atoms with Crippen molar-refractivity contribution in [3.8, 4) is 0 Å². The van der Waals surface area contributed by atoms with Crippen LogP contribution in [0.25, 0.3) is 0 Å². The van der Waals surface area contributed by atoms with E-state index in [1.165, 1.54) is 173 Å². The number of ether oxygens (including phenoxy) is 2. The average Bonchev–Trinajstić information content (AvgIpc) is 3.22. The Morgan fingerprint density at radius 2 is 0.983 bits per heavy atom. The summed E-state index contributed by atoms with van der Waals surface area (Å²) in [4.78, 5) is 12.5. The molecule has 0 bridgehead atoms. The topological polar surface area (TPSA) is 149 Å². The molecule has 1 aliphatic rings. The molecule has 0 spiro atoms. The van der Waals surface area contributed by atoms with Crippen LogP contribution in [0.5, 0.6) is 0 Å². The molecule has 1 amide bonds. The van der Waals surface area contributed by atoms with Gasteiger partial charge >= 0.3 is 0 Å². The normalized spacial score (nSPS) is 21.0. The highest BCUT2D eigenvalue weighted by molar-refractivity contribution is 5.76. The Labute approximate surface area is 356 Å². The Balaban J connectivity index is 1.99. The lowest BCUT2D eigenvalue weighted by Crippen LogP contribution is -2.60. The summed E-state index contributed by atoms with van der Waals surface area (Å²) in [6, 6.07) is -0.813. The summed E-state index contributed by atoms with van der Waals surface area (Å²) in [5, 5.41) is 53.4. The van der Waals surface area contributed by atoms with E-state index in [1.54, 1.807) is 6.08 Å². The third kappa shape index (κ3) is 29.8. The molecule has 1 heterocycles. The number of aliphatic hydroxyl groups is 5. The largest absolute Gasteiger partial charge is 0.394 e. The Kier molecular flexibility index (Phi) is 37.5. The Morgan fingerprint density at radius 3 is 1.43 bits per heavy atom. The first kappa shape index (κ1) is 54.7. The number of amides is 1.